The van der Waals surface area contributed by atoms with Gasteiger partial charge in [0, 0.05) is 68.7 Å². The largest absolute Gasteiger partial charge is 0.379 e. The highest BCUT2D eigenvalue weighted by molar-refractivity contribution is 7.15. The number of aliphatic hydroxyl groups excluding tert-OH is 1. The van der Waals surface area contributed by atoms with Crippen LogP contribution in [0.2, 0.25) is 0 Å². The molecule has 1 aromatic rings. The van der Waals surface area contributed by atoms with Gasteiger partial charge in [-0.3, -0.25) is 20.4 Å². The van der Waals surface area contributed by atoms with Crippen molar-refractivity contribution >= 4 is 35.0 Å². The van der Waals surface area contributed by atoms with Crippen LogP contribution in [0, 0.1) is 6.92 Å². The van der Waals surface area contributed by atoms with Crippen LogP contribution in [-0.2, 0) is 16.1 Å². The van der Waals surface area contributed by atoms with E-state index in [0.29, 0.717) is 26.3 Å². The van der Waals surface area contributed by atoms with Gasteiger partial charge in [-0.05, 0) is 12.5 Å². The zero-order valence-electron chi connectivity index (χ0n) is 20.5. The van der Waals surface area contributed by atoms with Crippen molar-refractivity contribution in [3.8, 4) is 0 Å². The number of nitrogens with two attached hydrogens (primary N) is 1. The number of carbonyl (C=O) groups excluding carboxylic acids is 1. The van der Waals surface area contributed by atoms with Gasteiger partial charge in [0.05, 0.1) is 23.8 Å². The highest BCUT2D eigenvalue weighted by Gasteiger charge is 2.32. The number of ether oxygens (including phenoxy) is 1. The highest BCUT2D eigenvalue weighted by atomic mass is 32.1. The highest BCUT2D eigenvalue weighted by Crippen LogP contribution is 2.39. The Kier molecular flexibility index (Phi) is 7.39. The summed E-state index contributed by atoms with van der Waals surface area (Å²) in [7, 11) is 0. The van der Waals surface area contributed by atoms with Gasteiger partial charge in [0.1, 0.15) is 12.0 Å². The summed E-state index contributed by atoms with van der Waals surface area (Å²) in [6, 6.07) is 0. The monoisotopic (exact) mass is 514 g/mol. The third-order valence-electron chi connectivity index (χ3n) is 6.94. The van der Waals surface area contributed by atoms with E-state index >= 15 is 0 Å². The van der Waals surface area contributed by atoms with Crippen LogP contribution in [0.1, 0.15) is 15.3 Å². The molecule has 0 spiro atoms. The summed E-state index contributed by atoms with van der Waals surface area (Å²) in [6.45, 7) is 12.2. The van der Waals surface area contributed by atoms with Crippen LogP contribution < -0.4 is 16.4 Å². The van der Waals surface area contributed by atoms with Gasteiger partial charge in [-0.2, -0.15) is 0 Å². The van der Waals surface area contributed by atoms with Gasteiger partial charge in [-0.25, -0.2) is 4.99 Å². The number of piperazine rings is 1. The number of hydrogen-bond donors (Lipinski definition) is 4. The Balaban J connectivity index is 1.35. The van der Waals surface area contributed by atoms with E-state index < -0.39 is 12.4 Å². The first kappa shape index (κ1) is 24.9. The molecule has 1 amide bonds. The molecule has 5 rings (SSSR count). The van der Waals surface area contributed by atoms with Gasteiger partial charge >= 0.3 is 0 Å². The summed E-state index contributed by atoms with van der Waals surface area (Å²) in [5.74, 6) is 0.722. The fraction of sp³-hybridized carbons (Fsp3) is 0.542. The van der Waals surface area contributed by atoms with Gasteiger partial charge in [-0.1, -0.05) is 12.7 Å². The maximum Gasteiger partial charge on any atom is 0.255 e. The van der Waals surface area contributed by atoms with Gasteiger partial charge in [0.2, 0.25) is 0 Å². The van der Waals surface area contributed by atoms with Crippen LogP contribution in [0.5, 0.6) is 0 Å². The summed E-state index contributed by atoms with van der Waals surface area (Å²) >= 11 is 1.78. The molecule has 36 heavy (non-hydrogen) atoms. The minimum atomic E-state index is -1.13. The molecule has 0 radical (unpaired) electrons. The van der Waals surface area contributed by atoms with E-state index in [1.807, 2.05) is 6.20 Å². The molecule has 2 unspecified atom stereocenters. The van der Waals surface area contributed by atoms with Gasteiger partial charge in [-0.15, -0.1) is 11.3 Å². The molecule has 2 fully saturated rings. The fourth-order valence-electron chi connectivity index (χ4n) is 4.75. The van der Waals surface area contributed by atoms with Gasteiger partial charge in [0.25, 0.3) is 5.91 Å². The molecule has 0 saturated carbocycles. The first-order valence-electron chi connectivity index (χ1n) is 12.3. The number of aliphatic imine (C=N–C) groups is 2. The Bertz CT molecular complexity index is 1090. The minimum Gasteiger partial charge on any atom is -0.379 e. The van der Waals surface area contributed by atoms with Crippen molar-refractivity contribution in [1.29, 1.82) is 0 Å². The predicted molar refractivity (Wildman–Crippen MR) is 141 cm³/mol. The zero-order chi connectivity index (χ0) is 25.2. The maximum absolute atomic E-state index is 12.3. The molecule has 4 aliphatic rings. The number of aliphatic hydroxyl groups is 1. The second-order valence-electron chi connectivity index (χ2n) is 9.27. The maximum atomic E-state index is 12.3. The lowest BCUT2D eigenvalue weighted by molar-refractivity contribution is -0.139. The van der Waals surface area contributed by atoms with Crippen molar-refractivity contribution in [2.45, 2.75) is 32.0 Å². The van der Waals surface area contributed by atoms with E-state index in [4.69, 9.17) is 15.5 Å². The number of anilines is 1. The molecule has 1 aromatic heterocycles. The second kappa shape index (κ2) is 10.7. The first-order valence-corrected chi connectivity index (χ1v) is 13.1. The van der Waals surface area contributed by atoms with Crippen LogP contribution in [0.4, 0.5) is 5.69 Å². The van der Waals surface area contributed by atoms with Crippen molar-refractivity contribution in [1.82, 2.24) is 20.0 Å². The lowest BCUT2D eigenvalue weighted by Gasteiger charge is -2.35. The standard InChI is InChI=1S/C24H34N8O3S/c1-3-17(33)23(34)32-6-4-30(5-7-32)14-18-15(2)19-20(36-18)22(31-8-10-35-11-9-31)29-21(28-19)16-12-26-24(25)27-13-16/h3,12-13,17,21,24,26,28,33H,1,4-11,14,25H2,2H3/t17-,21?,24?/m0/s1. The van der Waals surface area contributed by atoms with Crippen molar-refractivity contribution < 1.29 is 14.6 Å². The molecular formula is C24H34N8O3S. The van der Waals surface area contributed by atoms with Crippen LogP contribution in [0.15, 0.2) is 34.4 Å². The number of thiophene rings is 1. The molecule has 2 saturated heterocycles. The van der Waals surface area contributed by atoms with E-state index in [0.717, 1.165) is 54.7 Å². The molecule has 5 heterocycles. The molecule has 0 aromatic carbocycles. The van der Waals surface area contributed by atoms with Crippen molar-refractivity contribution in [3.63, 3.8) is 0 Å². The molecule has 5 N–H and O–H groups in total. The Labute approximate surface area is 215 Å². The third kappa shape index (κ3) is 5.04. The SMILES string of the molecule is C=C[C@H](O)C(=O)N1CCN(Cc2sc3c(c2C)NC(C2=CNC(N)N=C2)N=C3N2CCOCC2)CC1. The average molecular weight is 515 g/mol. The van der Waals surface area contributed by atoms with Gasteiger partial charge in [0.15, 0.2) is 12.4 Å². The Hall–Kier alpha value is -2.77. The Morgan fingerprint density at radius 1 is 1.33 bits per heavy atom. The summed E-state index contributed by atoms with van der Waals surface area (Å²) in [4.78, 5) is 30.5. The zero-order valence-corrected chi connectivity index (χ0v) is 21.3. The molecular weight excluding hydrogens is 480 g/mol. The lowest BCUT2D eigenvalue weighted by Crippen LogP contribution is -2.50. The van der Waals surface area contributed by atoms with Crippen molar-refractivity contribution in [2.24, 2.45) is 15.7 Å². The van der Waals surface area contributed by atoms with Crippen LogP contribution in [0.25, 0.3) is 0 Å². The molecule has 194 valence electrons. The molecule has 0 aliphatic carbocycles. The number of morpholine rings is 1. The third-order valence-corrected chi connectivity index (χ3v) is 8.21. The fourth-order valence-corrected chi connectivity index (χ4v) is 6.08. The number of rotatable bonds is 5. The molecule has 12 heteroatoms. The normalized spacial score (nSPS) is 25.3. The number of amidine groups is 1. The van der Waals surface area contributed by atoms with Crippen LogP contribution >= 0.6 is 11.3 Å². The number of amides is 1. The van der Waals surface area contributed by atoms with Crippen LogP contribution in [-0.4, -0.2) is 109 Å². The van der Waals surface area contributed by atoms with Crippen LogP contribution in [0.3, 0.4) is 0 Å². The Morgan fingerprint density at radius 2 is 2.08 bits per heavy atom. The number of carbonyl (C=O) groups is 1. The van der Waals surface area contributed by atoms with E-state index in [1.165, 1.54) is 16.5 Å². The van der Waals surface area contributed by atoms with E-state index in [1.54, 1.807) is 22.5 Å². The second-order valence-corrected chi connectivity index (χ2v) is 10.4. The van der Waals surface area contributed by atoms with E-state index in [-0.39, 0.29) is 12.1 Å². The topological polar surface area (TPSA) is 131 Å². The average Bonchev–Trinajstić information content (AvgIpc) is 3.23. The van der Waals surface area contributed by atoms with Crippen molar-refractivity contribution in [3.05, 3.63) is 39.7 Å². The number of nitrogens with zero attached hydrogens (tertiary/aromatic N) is 5. The number of hydrogen-bond acceptors (Lipinski definition) is 11. The smallest absolute Gasteiger partial charge is 0.255 e. The Morgan fingerprint density at radius 3 is 2.75 bits per heavy atom. The first-order chi connectivity index (χ1) is 17.4. The van der Waals surface area contributed by atoms with Crippen molar-refractivity contribution in [2.75, 3.05) is 57.8 Å². The molecule has 4 aliphatic heterocycles. The predicted octanol–water partition coefficient (Wildman–Crippen LogP) is -0.122. The summed E-state index contributed by atoms with van der Waals surface area (Å²) in [6.07, 6.45) is 3.13. The lowest BCUT2D eigenvalue weighted by atomic mass is 10.1. The summed E-state index contributed by atoms with van der Waals surface area (Å²) < 4.78 is 5.59. The number of nitrogens with one attached hydrogen (secondary N) is 2. The van der Waals surface area contributed by atoms with E-state index in [2.05, 4.69) is 38.9 Å². The molecule has 11 nitrogen and oxygen atoms in total. The molecule has 3 atom stereocenters. The summed E-state index contributed by atoms with van der Waals surface area (Å²) in [5, 5.41) is 16.5. The minimum absolute atomic E-state index is 0.258. The van der Waals surface area contributed by atoms with Gasteiger partial charge < -0.3 is 30.3 Å². The number of fused-ring (bicyclic) bond motifs is 1. The quantitative estimate of drug-likeness (QED) is 0.400. The molecule has 0 bridgehead atoms. The van der Waals surface area contributed by atoms with E-state index in [9.17, 15) is 9.90 Å². The summed E-state index contributed by atoms with van der Waals surface area (Å²) in [5.41, 5.74) is 9.11.